The molecule has 2 nitrogen and oxygen atoms in total. The Kier molecular flexibility index (Phi) is 2.72. The molecule has 2 heteroatoms. The SMILES string of the molecule is CC1CCCCCC(=O)O1. The molecule has 1 fully saturated rings. The van der Waals surface area contributed by atoms with E-state index in [1.807, 2.05) is 6.92 Å². The second-order valence-electron chi connectivity index (χ2n) is 2.90. The van der Waals surface area contributed by atoms with Gasteiger partial charge in [0.1, 0.15) is 0 Å². The third-order valence-electron chi connectivity index (χ3n) is 1.82. The van der Waals surface area contributed by atoms with E-state index in [-0.39, 0.29) is 12.1 Å². The largest absolute Gasteiger partial charge is 0.463 e. The van der Waals surface area contributed by atoms with Gasteiger partial charge in [0.2, 0.25) is 0 Å². The van der Waals surface area contributed by atoms with Crippen LogP contribution >= 0.6 is 0 Å². The average molecular weight is 142 g/mol. The Morgan fingerprint density at radius 1 is 1.40 bits per heavy atom. The highest BCUT2D eigenvalue weighted by Gasteiger charge is 2.11. The molecule has 0 aromatic carbocycles. The molecule has 0 N–H and O–H groups in total. The molecule has 1 heterocycles. The lowest BCUT2D eigenvalue weighted by Crippen LogP contribution is -2.16. The van der Waals surface area contributed by atoms with Crippen molar-refractivity contribution >= 4 is 5.97 Å². The van der Waals surface area contributed by atoms with Gasteiger partial charge in [-0.05, 0) is 26.2 Å². The summed E-state index contributed by atoms with van der Waals surface area (Å²) < 4.78 is 5.05. The predicted molar refractivity (Wildman–Crippen MR) is 38.6 cm³/mol. The van der Waals surface area contributed by atoms with E-state index in [0.29, 0.717) is 6.42 Å². The fraction of sp³-hybridized carbons (Fsp3) is 0.875. The third-order valence-corrected chi connectivity index (χ3v) is 1.82. The third kappa shape index (κ3) is 2.38. The second kappa shape index (κ2) is 3.59. The minimum absolute atomic E-state index is 0.0211. The maximum atomic E-state index is 10.8. The Bertz CT molecular complexity index is 120. The van der Waals surface area contributed by atoms with Gasteiger partial charge in [-0.3, -0.25) is 4.79 Å². The second-order valence-corrected chi connectivity index (χ2v) is 2.90. The summed E-state index contributed by atoms with van der Waals surface area (Å²) in [5.74, 6) is -0.0211. The molecular formula is C8H14O2. The van der Waals surface area contributed by atoms with Crippen molar-refractivity contribution in [2.24, 2.45) is 0 Å². The minimum Gasteiger partial charge on any atom is -0.463 e. The molecule has 0 aromatic heterocycles. The van der Waals surface area contributed by atoms with Gasteiger partial charge in [0, 0.05) is 6.42 Å². The lowest BCUT2D eigenvalue weighted by Gasteiger charge is -2.15. The van der Waals surface area contributed by atoms with Crippen molar-refractivity contribution in [2.75, 3.05) is 0 Å². The molecule has 1 aliphatic rings. The first-order valence-corrected chi connectivity index (χ1v) is 3.98. The van der Waals surface area contributed by atoms with E-state index in [2.05, 4.69) is 0 Å². The van der Waals surface area contributed by atoms with Gasteiger partial charge in [0.05, 0.1) is 6.10 Å². The normalized spacial score (nSPS) is 28.5. The number of cyclic esters (lactones) is 1. The monoisotopic (exact) mass is 142 g/mol. The Morgan fingerprint density at radius 3 is 3.00 bits per heavy atom. The van der Waals surface area contributed by atoms with Gasteiger partial charge in [-0.15, -0.1) is 0 Å². The first-order chi connectivity index (χ1) is 4.79. The highest BCUT2D eigenvalue weighted by Crippen LogP contribution is 2.13. The molecule has 0 aromatic rings. The molecule has 0 spiro atoms. The standard InChI is InChI=1S/C8H14O2/c1-7-5-3-2-4-6-8(9)10-7/h7H,2-6H2,1H3. The van der Waals surface area contributed by atoms with Crippen LogP contribution in [0.15, 0.2) is 0 Å². The van der Waals surface area contributed by atoms with Crippen LogP contribution in [0.25, 0.3) is 0 Å². The molecule has 0 saturated carbocycles. The zero-order valence-corrected chi connectivity index (χ0v) is 6.43. The summed E-state index contributed by atoms with van der Waals surface area (Å²) in [6.45, 7) is 1.96. The first kappa shape index (κ1) is 7.58. The predicted octanol–water partition coefficient (Wildman–Crippen LogP) is 1.88. The maximum absolute atomic E-state index is 10.8. The van der Waals surface area contributed by atoms with Crippen molar-refractivity contribution in [1.82, 2.24) is 0 Å². The van der Waals surface area contributed by atoms with Gasteiger partial charge >= 0.3 is 5.97 Å². The van der Waals surface area contributed by atoms with E-state index in [1.165, 1.54) is 12.8 Å². The van der Waals surface area contributed by atoms with Crippen molar-refractivity contribution in [3.8, 4) is 0 Å². The number of esters is 1. The molecule has 1 rings (SSSR count). The smallest absolute Gasteiger partial charge is 0.306 e. The zero-order valence-electron chi connectivity index (χ0n) is 6.43. The summed E-state index contributed by atoms with van der Waals surface area (Å²) >= 11 is 0. The number of carbonyl (C=O) groups is 1. The van der Waals surface area contributed by atoms with Crippen LogP contribution < -0.4 is 0 Å². The molecule has 1 saturated heterocycles. The topological polar surface area (TPSA) is 26.3 Å². The summed E-state index contributed by atoms with van der Waals surface area (Å²) in [6.07, 6.45) is 5.18. The molecule has 1 aliphatic heterocycles. The van der Waals surface area contributed by atoms with Gasteiger partial charge < -0.3 is 4.74 Å². The van der Waals surface area contributed by atoms with Crippen molar-refractivity contribution in [1.29, 1.82) is 0 Å². The summed E-state index contributed by atoms with van der Waals surface area (Å²) in [4.78, 5) is 10.8. The maximum Gasteiger partial charge on any atom is 0.306 e. The number of rotatable bonds is 0. The van der Waals surface area contributed by atoms with E-state index in [9.17, 15) is 4.79 Å². The van der Waals surface area contributed by atoms with Crippen molar-refractivity contribution in [3.63, 3.8) is 0 Å². The number of ether oxygens (including phenoxy) is 1. The van der Waals surface area contributed by atoms with Gasteiger partial charge in [-0.25, -0.2) is 0 Å². The van der Waals surface area contributed by atoms with Crippen molar-refractivity contribution in [3.05, 3.63) is 0 Å². The van der Waals surface area contributed by atoms with Gasteiger partial charge in [-0.1, -0.05) is 6.42 Å². The lowest BCUT2D eigenvalue weighted by atomic mass is 10.1. The zero-order chi connectivity index (χ0) is 7.40. The fourth-order valence-corrected chi connectivity index (χ4v) is 1.22. The van der Waals surface area contributed by atoms with E-state index in [4.69, 9.17) is 4.74 Å². The van der Waals surface area contributed by atoms with Crippen LogP contribution in [-0.2, 0) is 9.53 Å². The summed E-state index contributed by atoms with van der Waals surface area (Å²) in [5.41, 5.74) is 0. The highest BCUT2D eigenvalue weighted by molar-refractivity contribution is 5.69. The van der Waals surface area contributed by atoms with Gasteiger partial charge in [0.25, 0.3) is 0 Å². The van der Waals surface area contributed by atoms with Crippen LogP contribution in [0.4, 0.5) is 0 Å². The summed E-state index contributed by atoms with van der Waals surface area (Å²) in [6, 6.07) is 0. The minimum atomic E-state index is -0.0211. The van der Waals surface area contributed by atoms with E-state index in [1.54, 1.807) is 0 Å². The van der Waals surface area contributed by atoms with E-state index in [0.717, 1.165) is 12.8 Å². The molecule has 0 aliphatic carbocycles. The van der Waals surface area contributed by atoms with E-state index < -0.39 is 0 Å². The van der Waals surface area contributed by atoms with Crippen LogP contribution in [0.3, 0.4) is 0 Å². The molecule has 1 unspecified atom stereocenters. The first-order valence-electron chi connectivity index (χ1n) is 3.98. The lowest BCUT2D eigenvalue weighted by molar-refractivity contribution is -0.149. The Morgan fingerprint density at radius 2 is 2.20 bits per heavy atom. The number of carbonyl (C=O) groups excluding carboxylic acids is 1. The van der Waals surface area contributed by atoms with Crippen molar-refractivity contribution in [2.45, 2.75) is 45.1 Å². The van der Waals surface area contributed by atoms with Crippen LogP contribution in [-0.4, -0.2) is 12.1 Å². The quantitative estimate of drug-likeness (QED) is 0.483. The van der Waals surface area contributed by atoms with Gasteiger partial charge in [-0.2, -0.15) is 0 Å². The van der Waals surface area contributed by atoms with E-state index >= 15 is 0 Å². The van der Waals surface area contributed by atoms with Crippen LogP contribution in [0.2, 0.25) is 0 Å². The summed E-state index contributed by atoms with van der Waals surface area (Å²) in [5, 5.41) is 0. The molecule has 1 atom stereocenters. The number of hydrogen-bond donors (Lipinski definition) is 0. The Labute approximate surface area is 61.6 Å². The Hall–Kier alpha value is -0.530. The average Bonchev–Trinajstić information content (AvgIpc) is 1.83. The highest BCUT2D eigenvalue weighted by atomic mass is 16.5. The Balaban J connectivity index is 2.32. The van der Waals surface area contributed by atoms with Crippen LogP contribution in [0, 0.1) is 0 Å². The molecule has 0 bridgehead atoms. The van der Waals surface area contributed by atoms with Crippen LogP contribution in [0.1, 0.15) is 39.0 Å². The fourth-order valence-electron chi connectivity index (χ4n) is 1.22. The molecular weight excluding hydrogens is 128 g/mol. The van der Waals surface area contributed by atoms with Gasteiger partial charge in [0.15, 0.2) is 0 Å². The summed E-state index contributed by atoms with van der Waals surface area (Å²) in [7, 11) is 0. The molecule has 10 heavy (non-hydrogen) atoms. The number of hydrogen-bond acceptors (Lipinski definition) is 2. The molecule has 0 radical (unpaired) electrons. The van der Waals surface area contributed by atoms with Crippen LogP contribution in [0.5, 0.6) is 0 Å². The molecule has 58 valence electrons. The molecule has 0 amide bonds. The van der Waals surface area contributed by atoms with Crippen molar-refractivity contribution < 1.29 is 9.53 Å².